The minimum Gasteiger partial charge on any atom is -0.357 e. The Morgan fingerprint density at radius 1 is 1.00 bits per heavy atom. The Morgan fingerprint density at radius 2 is 1.71 bits per heavy atom. The Kier molecular flexibility index (Phi) is 5.25. The van der Waals surface area contributed by atoms with Gasteiger partial charge < -0.3 is 15.6 Å². The number of nitrogens with one attached hydrogen (secondary N) is 3. The van der Waals surface area contributed by atoms with E-state index in [1.54, 1.807) is 30.5 Å². The molecule has 0 atom stereocenters. The van der Waals surface area contributed by atoms with Crippen molar-refractivity contribution < 1.29 is 9.59 Å². The number of carbonyl (C=O) groups excluding carboxylic acids is 2. The third-order valence-electron chi connectivity index (χ3n) is 2.72. The molecular weight excluding hydrogens is 313 g/mol. The highest BCUT2D eigenvalue weighted by molar-refractivity contribution is 6.42. The van der Waals surface area contributed by atoms with Crippen LogP contribution in [0.3, 0.4) is 0 Å². The summed E-state index contributed by atoms with van der Waals surface area (Å²) in [6, 6.07) is 8.05. The van der Waals surface area contributed by atoms with Crippen LogP contribution in [-0.4, -0.2) is 29.9 Å². The molecule has 0 saturated heterocycles. The largest absolute Gasteiger partial charge is 0.357 e. The van der Waals surface area contributed by atoms with Gasteiger partial charge in [0.1, 0.15) is 5.69 Å². The van der Waals surface area contributed by atoms with Gasteiger partial charge >= 0.3 is 0 Å². The van der Waals surface area contributed by atoms with Crippen LogP contribution in [0.15, 0.2) is 36.5 Å². The van der Waals surface area contributed by atoms with Crippen LogP contribution in [0, 0.1) is 0 Å². The van der Waals surface area contributed by atoms with E-state index in [0.29, 0.717) is 34.4 Å². The van der Waals surface area contributed by atoms with Crippen molar-refractivity contribution in [1.29, 1.82) is 0 Å². The number of halogens is 2. The van der Waals surface area contributed by atoms with Crippen molar-refractivity contribution in [3.63, 3.8) is 0 Å². The third kappa shape index (κ3) is 4.24. The van der Waals surface area contributed by atoms with E-state index in [-0.39, 0.29) is 11.8 Å². The Hall–Kier alpha value is -1.98. The summed E-state index contributed by atoms with van der Waals surface area (Å²) in [4.78, 5) is 26.3. The van der Waals surface area contributed by atoms with Crippen LogP contribution >= 0.6 is 23.2 Å². The number of rotatable bonds is 5. The Bertz CT molecular complexity index is 642. The van der Waals surface area contributed by atoms with Gasteiger partial charge in [0.25, 0.3) is 11.8 Å². The number of H-pyrrole nitrogens is 1. The summed E-state index contributed by atoms with van der Waals surface area (Å²) in [7, 11) is 0. The number of benzene rings is 1. The highest BCUT2D eigenvalue weighted by atomic mass is 35.5. The third-order valence-corrected chi connectivity index (χ3v) is 3.46. The number of amides is 2. The van der Waals surface area contributed by atoms with Crippen molar-refractivity contribution in [1.82, 2.24) is 15.6 Å². The molecule has 2 aromatic rings. The zero-order valence-corrected chi connectivity index (χ0v) is 12.5. The molecular formula is C14H13Cl2N3O2. The molecule has 0 aliphatic heterocycles. The molecule has 0 aliphatic carbocycles. The van der Waals surface area contributed by atoms with Crippen LogP contribution < -0.4 is 10.6 Å². The summed E-state index contributed by atoms with van der Waals surface area (Å²) in [5.41, 5.74) is 0.894. The first-order valence-electron chi connectivity index (χ1n) is 6.23. The van der Waals surface area contributed by atoms with Crippen molar-refractivity contribution in [3.05, 3.63) is 57.8 Å². The molecule has 0 aliphatic rings. The van der Waals surface area contributed by atoms with Gasteiger partial charge in [-0.2, -0.15) is 0 Å². The quantitative estimate of drug-likeness (QED) is 0.739. The van der Waals surface area contributed by atoms with E-state index in [1.807, 2.05) is 0 Å². The lowest BCUT2D eigenvalue weighted by Gasteiger charge is -2.07. The average Bonchev–Trinajstić information content (AvgIpc) is 3.00. The second-order valence-electron chi connectivity index (χ2n) is 4.22. The molecule has 110 valence electrons. The van der Waals surface area contributed by atoms with Gasteiger partial charge in [0.2, 0.25) is 0 Å². The van der Waals surface area contributed by atoms with Crippen LogP contribution in [0.2, 0.25) is 10.0 Å². The van der Waals surface area contributed by atoms with Crippen molar-refractivity contribution in [2.24, 2.45) is 0 Å². The number of aromatic nitrogens is 1. The van der Waals surface area contributed by atoms with Gasteiger partial charge in [0.15, 0.2) is 0 Å². The van der Waals surface area contributed by atoms with Crippen LogP contribution in [0.1, 0.15) is 20.8 Å². The average molecular weight is 326 g/mol. The zero-order valence-electron chi connectivity index (χ0n) is 11.0. The molecule has 3 N–H and O–H groups in total. The van der Waals surface area contributed by atoms with Crippen molar-refractivity contribution in [2.75, 3.05) is 13.1 Å². The molecule has 1 heterocycles. The fourth-order valence-electron chi connectivity index (χ4n) is 1.66. The maximum atomic E-state index is 11.8. The van der Waals surface area contributed by atoms with E-state index < -0.39 is 0 Å². The predicted octanol–water partition coefficient (Wildman–Crippen LogP) is 2.48. The van der Waals surface area contributed by atoms with Gasteiger partial charge in [-0.05, 0) is 30.3 Å². The molecule has 5 nitrogen and oxygen atoms in total. The normalized spacial score (nSPS) is 10.2. The Morgan fingerprint density at radius 3 is 2.33 bits per heavy atom. The molecule has 0 bridgehead atoms. The van der Waals surface area contributed by atoms with Gasteiger partial charge in [-0.15, -0.1) is 0 Å². The summed E-state index contributed by atoms with van der Waals surface area (Å²) in [5, 5.41) is 6.08. The minimum atomic E-state index is -0.275. The van der Waals surface area contributed by atoms with E-state index >= 15 is 0 Å². The number of carbonyl (C=O) groups is 2. The second kappa shape index (κ2) is 7.15. The fraction of sp³-hybridized carbons (Fsp3) is 0.143. The van der Waals surface area contributed by atoms with E-state index in [2.05, 4.69) is 15.6 Å². The summed E-state index contributed by atoms with van der Waals surface area (Å²) in [5.74, 6) is -0.494. The summed E-state index contributed by atoms with van der Waals surface area (Å²) in [6.45, 7) is 0.635. The van der Waals surface area contributed by atoms with E-state index in [9.17, 15) is 9.59 Å². The summed E-state index contributed by atoms with van der Waals surface area (Å²) in [6.07, 6.45) is 1.67. The molecule has 2 amide bonds. The van der Waals surface area contributed by atoms with Gasteiger partial charge in [0, 0.05) is 24.8 Å². The molecule has 0 spiro atoms. The highest BCUT2D eigenvalue weighted by Gasteiger charge is 2.08. The van der Waals surface area contributed by atoms with Crippen LogP contribution in [0.25, 0.3) is 0 Å². The van der Waals surface area contributed by atoms with Gasteiger partial charge in [-0.1, -0.05) is 23.2 Å². The number of aromatic amines is 1. The second-order valence-corrected chi connectivity index (χ2v) is 5.04. The lowest BCUT2D eigenvalue weighted by atomic mass is 10.2. The molecule has 0 saturated carbocycles. The summed E-state index contributed by atoms with van der Waals surface area (Å²) >= 11 is 11.6. The van der Waals surface area contributed by atoms with E-state index in [0.717, 1.165) is 0 Å². The van der Waals surface area contributed by atoms with Crippen molar-refractivity contribution in [2.45, 2.75) is 0 Å². The molecule has 0 unspecified atom stereocenters. The Balaban J connectivity index is 1.77. The van der Waals surface area contributed by atoms with Gasteiger partial charge in [-0.3, -0.25) is 9.59 Å². The lowest BCUT2D eigenvalue weighted by molar-refractivity contribution is 0.0925. The number of hydrogen-bond acceptors (Lipinski definition) is 2. The first-order valence-corrected chi connectivity index (χ1v) is 6.98. The summed E-state index contributed by atoms with van der Waals surface area (Å²) < 4.78 is 0. The minimum absolute atomic E-state index is 0.219. The van der Waals surface area contributed by atoms with Gasteiger partial charge in [0.05, 0.1) is 10.0 Å². The van der Waals surface area contributed by atoms with Crippen molar-refractivity contribution >= 4 is 35.0 Å². The maximum Gasteiger partial charge on any atom is 0.267 e. The van der Waals surface area contributed by atoms with Crippen molar-refractivity contribution in [3.8, 4) is 0 Å². The first-order chi connectivity index (χ1) is 10.1. The Labute approximate surface area is 131 Å². The molecule has 1 aromatic carbocycles. The first kappa shape index (κ1) is 15.4. The standard InChI is InChI=1S/C14H13Cl2N3O2/c15-10-4-3-9(8-11(10)16)13(20)18-6-7-19-14(21)12-2-1-5-17-12/h1-5,8,17H,6-7H2,(H,18,20)(H,19,21). The lowest BCUT2D eigenvalue weighted by Crippen LogP contribution is -2.34. The topological polar surface area (TPSA) is 74.0 Å². The van der Waals surface area contributed by atoms with Crippen LogP contribution in [0.5, 0.6) is 0 Å². The molecule has 0 radical (unpaired) electrons. The van der Waals surface area contributed by atoms with E-state index in [1.165, 1.54) is 6.07 Å². The zero-order chi connectivity index (χ0) is 15.2. The van der Waals surface area contributed by atoms with E-state index in [4.69, 9.17) is 23.2 Å². The monoisotopic (exact) mass is 325 g/mol. The molecule has 0 fully saturated rings. The highest BCUT2D eigenvalue weighted by Crippen LogP contribution is 2.22. The fourth-order valence-corrected chi connectivity index (χ4v) is 1.96. The van der Waals surface area contributed by atoms with Crippen LogP contribution in [0.4, 0.5) is 0 Å². The smallest absolute Gasteiger partial charge is 0.267 e. The molecule has 2 rings (SSSR count). The maximum absolute atomic E-state index is 11.8. The molecule has 21 heavy (non-hydrogen) atoms. The van der Waals surface area contributed by atoms with Gasteiger partial charge in [-0.25, -0.2) is 0 Å². The number of hydrogen-bond donors (Lipinski definition) is 3. The molecule has 7 heteroatoms. The molecule has 1 aromatic heterocycles. The predicted molar refractivity (Wildman–Crippen MR) is 81.9 cm³/mol. The SMILES string of the molecule is O=C(NCCNC(=O)c1ccc[nH]1)c1ccc(Cl)c(Cl)c1. The van der Waals surface area contributed by atoms with Crippen LogP contribution in [-0.2, 0) is 0 Å².